The number of benzene rings is 1. The Hall–Kier alpha value is -1.20. The van der Waals surface area contributed by atoms with Crippen LogP contribution in [0, 0.1) is 0 Å². The molecule has 0 heterocycles. The van der Waals surface area contributed by atoms with Gasteiger partial charge in [-0.3, -0.25) is 4.79 Å². The third-order valence-electron chi connectivity index (χ3n) is 2.76. The maximum Gasteiger partial charge on any atom is 0.315 e. The van der Waals surface area contributed by atoms with Crippen molar-refractivity contribution in [3.63, 3.8) is 0 Å². The van der Waals surface area contributed by atoms with Crippen LogP contribution in [0.2, 0.25) is 0 Å². The number of rotatable bonds is 8. The summed E-state index contributed by atoms with van der Waals surface area (Å²) >= 11 is 1.53. The molecule has 1 N–H and O–H groups in total. The molecule has 0 unspecified atom stereocenters. The molecule has 1 aromatic carbocycles. The third kappa shape index (κ3) is 5.84. The maximum atomic E-state index is 11.1. The molecule has 0 aromatic heterocycles. The lowest BCUT2D eigenvalue weighted by Gasteiger charge is -2.12. The van der Waals surface area contributed by atoms with Crippen LogP contribution in [0.4, 0.5) is 0 Å². The Labute approximate surface area is 125 Å². The topological polar surface area (TPSA) is 47.6 Å². The lowest BCUT2D eigenvalue weighted by Crippen LogP contribution is -2.21. The van der Waals surface area contributed by atoms with E-state index in [4.69, 9.17) is 4.74 Å². The first kappa shape index (κ1) is 16.9. The van der Waals surface area contributed by atoms with Crippen molar-refractivity contribution in [1.29, 1.82) is 0 Å². The van der Waals surface area contributed by atoms with Crippen LogP contribution >= 0.6 is 11.8 Å². The van der Waals surface area contributed by atoms with Crippen LogP contribution in [-0.4, -0.2) is 32.0 Å². The summed E-state index contributed by atoms with van der Waals surface area (Å²) in [4.78, 5) is 11.1. The SMILES string of the molecule is COC(=O)CSCc1cc(CNC(C)C)ccc1OC. The first-order chi connectivity index (χ1) is 9.56. The molecule has 0 atom stereocenters. The molecular formula is C15H23NO3S. The molecule has 1 rings (SSSR count). The van der Waals surface area contributed by atoms with Gasteiger partial charge < -0.3 is 14.8 Å². The number of methoxy groups -OCH3 is 2. The van der Waals surface area contributed by atoms with Crippen LogP contribution in [0.25, 0.3) is 0 Å². The summed E-state index contributed by atoms with van der Waals surface area (Å²) in [6.07, 6.45) is 0. The highest BCUT2D eigenvalue weighted by Gasteiger charge is 2.07. The van der Waals surface area contributed by atoms with E-state index in [0.717, 1.165) is 23.6 Å². The van der Waals surface area contributed by atoms with Gasteiger partial charge in [0.05, 0.1) is 20.0 Å². The summed E-state index contributed by atoms with van der Waals surface area (Å²) in [5.74, 6) is 1.74. The second-order valence-electron chi connectivity index (χ2n) is 4.75. The number of hydrogen-bond donors (Lipinski definition) is 1. The van der Waals surface area contributed by atoms with Gasteiger partial charge in [-0.05, 0) is 17.7 Å². The molecule has 0 spiro atoms. The predicted molar refractivity (Wildman–Crippen MR) is 83.1 cm³/mol. The van der Waals surface area contributed by atoms with Crippen molar-refractivity contribution in [3.05, 3.63) is 29.3 Å². The molecular weight excluding hydrogens is 274 g/mol. The first-order valence-electron chi connectivity index (χ1n) is 6.60. The lowest BCUT2D eigenvalue weighted by molar-refractivity contribution is -0.137. The number of thioether (sulfide) groups is 1. The third-order valence-corrected chi connectivity index (χ3v) is 3.72. The van der Waals surface area contributed by atoms with Crippen LogP contribution in [0.15, 0.2) is 18.2 Å². The van der Waals surface area contributed by atoms with E-state index in [1.54, 1.807) is 7.11 Å². The maximum absolute atomic E-state index is 11.1. The minimum Gasteiger partial charge on any atom is -0.496 e. The summed E-state index contributed by atoms with van der Waals surface area (Å²) in [5.41, 5.74) is 2.32. The van der Waals surface area contributed by atoms with Crippen molar-refractivity contribution < 1.29 is 14.3 Å². The molecule has 4 nitrogen and oxygen atoms in total. The molecule has 1 aromatic rings. The summed E-state index contributed by atoms with van der Waals surface area (Å²) < 4.78 is 9.99. The highest BCUT2D eigenvalue weighted by molar-refractivity contribution is 7.99. The Balaban J connectivity index is 2.65. The Kier molecular flexibility index (Phi) is 7.47. The van der Waals surface area contributed by atoms with Crippen molar-refractivity contribution >= 4 is 17.7 Å². The van der Waals surface area contributed by atoms with E-state index in [1.807, 2.05) is 6.07 Å². The average Bonchev–Trinajstić information content (AvgIpc) is 2.45. The van der Waals surface area contributed by atoms with Crippen molar-refractivity contribution in [1.82, 2.24) is 5.32 Å². The molecule has 0 bridgehead atoms. The van der Waals surface area contributed by atoms with Gasteiger partial charge in [0.25, 0.3) is 0 Å². The number of carbonyl (C=O) groups excluding carboxylic acids is 1. The summed E-state index contributed by atoms with van der Waals surface area (Å²) in [5, 5.41) is 3.39. The van der Waals surface area contributed by atoms with Gasteiger partial charge in [-0.2, -0.15) is 0 Å². The van der Waals surface area contributed by atoms with Crippen molar-refractivity contribution in [2.45, 2.75) is 32.2 Å². The van der Waals surface area contributed by atoms with E-state index >= 15 is 0 Å². The Morgan fingerprint density at radius 3 is 2.70 bits per heavy atom. The predicted octanol–water partition coefficient (Wildman–Crippen LogP) is 2.60. The van der Waals surface area contributed by atoms with Gasteiger partial charge in [0.2, 0.25) is 0 Å². The number of carbonyl (C=O) groups is 1. The molecule has 0 fully saturated rings. The van der Waals surface area contributed by atoms with Gasteiger partial charge >= 0.3 is 5.97 Å². The van der Waals surface area contributed by atoms with Crippen molar-refractivity contribution in [2.24, 2.45) is 0 Å². The van der Waals surface area contributed by atoms with E-state index in [0.29, 0.717) is 11.8 Å². The largest absolute Gasteiger partial charge is 0.496 e. The minimum absolute atomic E-state index is 0.202. The molecule has 0 saturated heterocycles. The van der Waals surface area contributed by atoms with Gasteiger partial charge in [-0.25, -0.2) is 0 Å². The van der Waals surface area contributed by atoms with Gasteiger partial charge in [0, 0.05) is 23.9 Å². The van der Waals surface area contributed by atoms with Gasteiger partial charge in [0.15, 0.2) is 0 Å². The molecule has 20 heavy (non-hydrogen) atoms. The number of nitrogens with one attached hydrogen (secondary N) is 1. The normalized spacial score (nSPS) is 10.7. The molecule has 0 aliphatic rings. The van der Waals surface area contributed by atoms with E-state index in [2.05, 4.69) is 36.0 Å². The quantitative estimate of drug-likeness (QED) is 0.747. The Morgan fingerprint density at radius 2 is 2.10 bits per heavy atom. The van der Waals surface area contributed by atoms with Gasteiger partial charge in [0.1, 0.15) is 5.75 Å². The van der Waals surface area contributed by atoms with Crippen LogP contribution in [0.3, 0.4) is 0 Å². The van der Waals surface area contributed by atoms with Crippen LogP contribution in [0.1, 0.15) is 25.0 Å². The summed E-state index contributed by atoms with van der Waals surface area (Å²) in [6, 6.07) is 6.61. The zero-order valence-electron chi connectivity index (χ0n) is 12.6. The molecule has 0 amide bonds. The van der Waals surface area contributed by atoms with Crippen molar-refractivity contribution in [2.75, 3.05) is 20.0 Å². The van der Waals surface area contributed by atoms with E-state index in [9.17, 15) is 4.79 Å². The fourth-order valence-corrected chi connectivity index (χ4v) is 2.51. The lowest BCUT2D eigenvalue weighted by atomic mass is 10.1. The second-order valence-corrected chi connectivity index (χ2v) is 5.74. The monoisotopic (exact) mass is 297 g/mol. The first-order valence-corrected chi connectivity index (χ1v) is 7.76. The molecule has 0 aliphatic heterocycles. The smallest absolute Gasteiger partial charge is 0.315 e. The number of hydrogen-bond acceptors (Lipinski definition) is 5. The highest BCUT2D eigenvalue weighted by atomic mass is 32.2. The van der Waals surface area contributed by atoms with Crippen molar-refractivity contribution in [3.8, 4) is 5.75 Å². The van der Waals surface area contributed by atoms with E-state index in [1.165, 1.54) is 24.4 Å². The minimum atomic E-state index is -0.202. The van der Waals surface area contributed by atoms with Gasteiger partial charge in [-0.15, -0.1) is 11.8 Å². The van der Waals surface area contributed by atoms with Crippen LogP contribution in [0.5, 0.6) is 5.75 Å². The second kappa shape index (κ2) is 8.87. The zero-order chi connectivity index (χ0) is 15.0. The fraction of sp³-hybridized carbons (Fsp3) is 0.533. The number of esters is 1. The molecule has 112 valence electrons. The van der Waals surface area contributed by atoms with Gasteiger partial charge in [-0.1, -0.05) is 19.9 Å². The Morgan fingerprint density at radius 1 is 1.35 bits per heavy atom. The highest BCUT2D eigenvalue weighted by Crippen LogP contribution is 2.24. The summed E-state index contributed by atoms with van der Waals surface area (Å²) in [7, 11) is 3.07. The molecule has 5 heteroatoms. The zero-order valence-corrected chi connectivity index (χ0v) is 13.4. The average molecular weight is 297 g/mol. The number of ether oxygens (including phenoxy) is 2. The summed E-state index contributed by atoms with van der Waals surface area (Å²) in [6.45, 7) is 5.07. The van der Waals surface area contributed by atoms with E-state index in [-0.39, 0.29) is 5.97 Å². The van der Waals surface area contributed by atoms with Crippen LogP contribution in [-0.2, 0) is 21.8 Å². The molecule has 0 saturated carbocycles. The molecule has 0 radical (unpaired) electrons. The Bertz CT molecular complexity index is 435. The fourth-order valence-electron chi connectivity index (χ4n) is 1.68. The standard InChI is InChI=1S/C15H23NO3S/c1-11(2)16-8-12-5-6-14(18-3)13(7-12)9-20-10-15(17)19-4/h5-7,11,16H,8-10H2,1-4H3. The van der Waals surface area contributed by atoms with E-state index < -0.39 is 0 Å². The molecule has 0 aliphatic carbocycles. The van der Waals surface area contributed by atoms with Crippen LogP contribution < -0.4 is 10.1 Å².